The predicted octanol–water partition coefficient (Wildman–Crippen LogP) is 0.931. The molecule has 1 fully saturated rings. The SMILES string of the molecule is O=C(Cl)[C@@H]1CCCO1. The van der Waals surface area contributed by atoms with E-state index in [2.05, 4.69) is 0 Å². The molecule has 1 heterocycles. The highest BCUT2D eigenvalue weighted by Crippen LogP contribution is 2.13. The van der Waals surface area contributed by atoms with Crippen LogP contribution in [-0.2, 0) is 9.53 Å². The molecule has 0 aromatic rings. The van der Waals surface area contributed by atoms with Gasteiger partial charge in [0.15, 0.2) is 0 Å². The lowest BCUT2D eigenvalue weighted by molar-refractivity contribution is -0.119. The van der Waals surface area contributed by atoms with Crippen LogP contribution in [0.3, 0.4) is 0 Å². The van der Waals surface area contributed by atoms with Crippen LogP contribution in [0.4, 0.5) is 0 Å². The van der Waals surface area contributed by atoms with Crippen molar-refractivity contribution in [3.05, 3.63) is 0 Å². The van der Waals surface area contributed by atoms with E-state index in [1.54, 1.807) is 0 Å². The average Bonchev–Trinajstić information content (AvgIpc) is 2.12. The maximum atomic E-state index is 10.3. The summed E-state index contributed by atoms with van der Waals surface area (Å²) >= 11 is 5.12. The Labute approximate surface area is 52.8 Å². The van der Waals surface area contributed by atoms with Crippen molar-refractivity contribution in [2.24, 2.45) is 0 Å². The molecule has 3 heteroatoms. The number of rotatable bonds is 1. The molecule has 46 valence electrons. The molecule has 0 bridgehead atoms. The molecule has 8 heavy (non-hydrogen) atoms. The average molecular weight is 135 g/mol. The molecule has 1 rings (SSSR count). The van der Waals surface area contributed by atoms with Crippen molar-refractivity contribution in [2.75, 3.05) is 6.61 Å². The fourth-order valence-electron chi connectivity index (χ4n) is 0.757. The first-order valence-corrected chi connectivity index (χ1v) is 2.99. The highest BCUT2D eigenvalue weighted by molar-refractivity contribution is 6.64. The lowest BCUT2D eigenvalue weighted by atomic mass is 10.3. The summed E-state index contributed by atoms with van der Waals surface area (Å²) < 4.78 is 4.93. The minimum atomic E-state index is -0.359. The van der Waals surface area contributed by atoms with Gasteiger partial charge in [0.1, 0.15) is 6.10 Å². The van der Waals surface area contributed by atoms with Crippen LogP contribution in [0.25, 0.3) is 0 Å². The molecular weight excluding hydrogens is 128 g/mol. The Balaban J connectivity index is 2.35. The summed E-state index contributed by atoms with van der Waals surface area (Å²) in [4.78, 5) is 10.3. The largest absolute Gasteiger partial charge is 0.369 e. The quantitative estimate of drug-likeness (QED) is 0.499. The van der Waals surface area contributed by atoms with Crippen LogP contribution in [0.5, 0.6) is 0 Å². The summed E-state index contributed by atoms with van der Waals surface area (Å²) in [6.07, 6.45) is 1.45. The Kier molecular flexibility index (Phi) is 1.86. The van der Waals surface area contributed by atoms with Gasteiger partial charge in [-0.3, -0.25) is 4.79 Å². The molecule has 0 unspecified atom stereocenters. The molecule has 0 aromatic carbocycles. The van der Waals surface area contributed by atoms with Gasteiger partial charge >= 0.3 is 0 Å². The van der Waals surface area contributed by atoms with E-state index in [0.717, 1.165) is 12.8 Å². The summed E-state index contributed by atoms with van der Waals surface area (Å²) in [6, 6.07) is 0. The molecule has 0 aliphatic carbocycles. The normalized spacial score (nSPS) is 28.4. The van der Waals surface area contributed by atoms with Gasteiger partial charge in [-0.2, -0.15) is 0 Å². The number of hydrogen-bond donors (Lipinski definition) is 0. The van der Waals surface area contributed by atoms with E-state index in [0.29, 0.717) is 6.61 Å². The molecule has 0 saturated carbocycles. The Morgan fingerprint density at radius 2 is 2.50 bits per heavy atom. The van der Waals surface area contributed by atoms with Crippen molar-refractivity contribution in [3.8, 4) is 0 Å². The van der Waals surface area contributed by atoms with Crippen LogP contribution in [-0.4, -0.2) is 18.0 Å². The minimum Gasteiger partial charge on any atom is -0.369 e. The van der Waals surface area contributed by atoms with Gasteiger partial charge in [-0.15, -0.1) is 0 Å². The third-order valence-electron chi connectivity index (χ3n) is 1.18. The van der Waals surface area contributed by atoms with Crippen LogP contribution >= 0.6 is 11.6 Å². The van der Waals surface area contributed by atoms with Crippen molar-refractivity contribution < 1.29 is 9.53 Å². The molecule has 0 N–H and O–H groups in total. The number of carbonyl (C=O) groups excluding carboxylic acids is 1. The molecule has 1 aliphatic rings. The van der Waals surface area contributed by atoms with E-state index < -0.39 is 0 Å². The maximum Gasteiger partial charge on any atom is 0.250 e. The van der Waals surface area contributed by atoms with Gasteiger partial charge in [-0.25, -0.2) is 0 Å². The second-order valence-electron chi connectivity index (χ2n) is 1.81. The Morgan fingerprint density at radius 3 is 2.75 bits per heavy atom. The van der Waals surface area contributed by atoms with E-state index in [1.807, 2.05) is 0 Å². The minimum absolute atomic E-state index is 0.309. The molecule has 2 nitrogen and oxygen atoms in total. The van der Waals surface area contributed by atoms with Gasteiger partial charge < -0.3 is 4.74 Å². The van der Waals surface area contributed by atoms with Crippen LogP contribution in [0.2, 0.25) is 0 Å². The van der Waals surface area contributed by atoms with Crippen molar-refractivity contribution in [1.82, 2.24) is 0 Å². The Morgan fingerprint density at radius 1 is 1.75 bits per heavy atom. The fourth-order valence-corrected chi connectivity index (χ4v) is 0.929. The zero-order valence-electron chi connectivity index (χ0n) is 4.39. The lowest BCUT2D eigenvalue weighted by Crippen LogP contribution is -2.12. The highest BCUT2D eigenvalue weighted by Gasteiger charge is 2.20. The van der Waals surface area contributed by atoms with Gasteiger partial charge in [-0.05, 0) is 24.4 Å². The van der Waals surface area contributed by atoms with Crippen molar-refractivity contribution in [3.63, 3.8) is 0 Å². The van der Waals surface area contributed by atoms with E-state index >= 15 is 0 Å². The molecule has 0 aromatic heterocycles. The van der Waals surface area contributed by atoms with Crippen molar-refractivity contribution >= 4 is 16.8 Å². The second kappa shape index (κ2) is 2.46. The maximum absolute atomic E-state index is 10.3. The summed E-state index contributed by atoms with van der Waals surface area (Å²) in [7, 11) is 0. The highest BCUT2D eigenvalue weighted by atomic mass is 35.5. The topological polar surface area (TPSA) is 26.3 Å². The number of carbonyl (C=O) groups is 1. The second-order valence-corrected chi connectivity index (χ2v) is 2.18. The van der Waals surface area contributed by atoms with Crippen molar-refractivity contribution in [2.45, 2.75) is 18.9 Å². The molecule has 1 saturated heterocycles. The monoisotopic (exact) mass is 134 g/mol. The smallest absolute Gasteiger partial charge is 0.250 e. The zero-order chi connectivity index (χ0) is 5.98. The third-order valence-corrected chi connectivity index (χ3v) is 1.43. The van der Waals surface area contributed by atoms with Gasteiger partial charge in [0.25, 0.3) is 0 Å². The molecule has 1 atom stereocenters. The Bertz CT molecular complexity index is 96.6. The zero-order valence-corrected chi connectivity index (χ0v) is 5.15. The van der Waals surface area contributed by atoms with Gasteiger partial charge in [0.2, 0.25) is 5.24 Å². The summed E-state index contributed by atoms with van der Waals surface area (Å²) in [5, 5.41) is -0.359. The summed E-state index contributed by atoms with van der Waals surface area (Å²) in [5.41, 5.74) is 0. The summed E-state index contributed by atoms with van der Waals surface area (Å²) in [5.74, 6) is 0. The van der Waals surface area contributed by atoms with E-state index in [4.69, 9.17) is 16.3 Å². The van der Waals surface area contributed by atoms with Crippen molar-refractivity contribution in [1.29, 1.82) is 0 Å². The molecular formula is C5H7ClO2. The van der Waals surface area contributed by atoms with E-state index in [1.165, 1.54) is 0 Å². The van der Waals surface area contributed by atoms with Gasteiger partial charge in [0.05, 0.1) is 0 Å². The van der Waals surface area contributed by atoms with Crippen LogP contribution in [0.15, 0.2) is 0 Å². The van der Waals surface area contributed by atoms with Gasteiger partial charge in [-0.1, -0.05) is 0 Å². The van der Waals surface area contributed by atoms with Crippen LogP contribution in [0.1, 0.15) is 12.8 Å². The fraction of sp³-hybridized carbons (Fsp3) is 0.800. The predicted molar refractivity (Wildman–Crippen MR) is 29.8 cm³/mol. The third kappa shape index (κ3) is 1.20. The molecule has 0 spiro atoms. The summed E-state index contributed by atoms with van der Waals surface area (Å²) in [6.45, 7) is 0.684. The lowest BCUT2D eigenvalue weighted by Gasteiger charge is -1.98. The van der Waals surface area contributed by atoms with Gasteiger partial charge in [0, 0.05) is 6.61 Å². The number of halogens is 1. The molecule has 0 amide bonds. The van der Waals surface area contributed by atoms with Crippen LogP contribution < -0.4 is 0 Å². The first-order chi connectivity index (χ1) is 3.80. The van der Waals surface area contributed by atoms with E-state index in [9.17, 15) is 4.79 Å². The Hall–Kier alpha value is -0.0800. The number of ether oxygens (including phenoxy) is 1. The first kappa shape index (κ1) is 6.05. The molecule has 1 aliphatic heterocycles. The van der Waals surface area contributed by atoms with E-state index in [-0.39, 0.29) is 11.3 Å². The van der Waals surface area contributed by atoms with Crippen LogP contribution in [0, 0.1) is 0 Å². The first-order valence-electron chi connectivity index (χ1n) is 2.61. The standard InChI is InChI=1S/C5H7ClO2/c6-5(7)4-2-1-3-8-4/h4H,1-3H2/t4-/m0/s1. The number of hydrogen-bond acceptors (Lipinski definition) is 2. The molecule has 0 radical (unpaired) electrons.